The molecule has 0 fully saturated rings. The second-order valence-corrected chi connectivity index (χ2v) is 6.90. The number of aryl methyl sites for hydroxylation is 1. The van der Waals surface area contributed by atoms with Crippen LogP contribution in [0, 0.1) is 6.92 Å². The summed E-state index contributed by atoms with van der Waals surface area (Å²) in [4.78, 5) is 0. The van der Waals surface area contributed by atoms with Crippen molar-refractivity contribution in [2.45, 2.75) is 6.92 Å². The zero-order valence-electron chi connectivity index (χ0n) is 5.97. The molecule has 2 aromatic rings. The van der Waals surface area contributed by atoms with Crippen LogP contribution in [0.15, 0.2) is 10.8 Å². The van der Waals surface area contributed by atoms with Gasteiger partial charge in [0.25, 0.3) is 0 Å². The summed E-state index contributed by atoms with van der Waals surface area (Å²) in [6.07, 6.45) is 0. The SMILES string of the molecule is Cc1csc2[c]([SrH])csc12. The normalized spacial score (nSPS) is 10.8. The molecule has 48 valence electrons. The molecule has 2 heterocycles. The second-order valence-electron chi connectivity index (χ2n) is 2.50. The molecule has 0 bridgehead atoms. The average Bonchev–Trinajstić information content (AvgIpc) is 2.41. The first-order valence-electron chi connectivity index (χ1n) is 3.21. The molecule has 10 heavy (non-hydrogen) atoms. The van der Waals surface area contributed by atoms with Gasteiger partial charge in [0.15, 0.2) is 0 Å². The first-order valence-corrected chi connectivity index (χ1v) is 7.42. The van der Waals surface area contributed by atoms with Gasteiger partial charge in [-0.2, -0.15) is 0 Å². The molecule has 0 saturated heterocycles. The molecule has 2 aromatic heterocycles. The maximum absolute atomic E-state index is 2.32. The van der Waals surface area contributed by atoms with Gasteiger partial charge in [0.1, 0.15) is 0 Å². The third-order valence-electron chi connectivity index (χ3n) is 1.63. The third-order valence-corrected chi connectivity index (χ3v) is 8.08. The van der Waals surface area contributed by atoms with E-state index in [1.807, 2.05) is 22.7 Å². The van der Waals surface area contributed by atoms with Crippen LogP contribution in [0.3, 0.4) is 0 Å². The van der Waals surface area contributed by atoms with E-state index in [1.54, 1.807) is 5.23 Å². The monoisotopic (exact) mass is 242 g/mol. The van der Waals surface area contributed by atoms with Crippen molar-refractivity contribution < 1.29 is 0 Å². The Balaban J connectivity index is 2.95. The van der Waals surface area contributed by atoms with E-state index in [1.165, 1.54) is 10.3 Å². The van der Waals surface area contributed by atoms with Crippen LogP contribution in [0.25, 0.3) is 9.40 Å². The molecule has 0 amide bonds. The molecule has 0 radical (unpaired) electrons. The Hall–Kier alpha value is 1.14. The van der Waals surface area contributed by atoms with Crippen LogP contribution in [-0.2, 0) is 0 Å². The topological polar surface area (TPSA) is 0 Å². The first-order chi connectivity index (χ1) is 4.79. The first kappa shape index (κ1) is 7.77. The standard InChI is InChI=1S/C7H5S2.Sr.H/c1-5-4-9-6-2-3-8-7(5)6;;/h3-4H,1H3;;. The summed E-state index contributed by atoms with van der Waals surface area (Å²) < 4.78 is 4.73. The van der Waals surface area contributed by atoms with Gasteiger partial charge < -0.3 is 0 Å². The molecular formula is C7H6S2Sr. The summed E-state index contributed by atoms with van der Waals surface area (Å²) in [5, 5.41) is 4.59. The second kappa shape index (κ2) is 2.88. The minimum atomic E-state index is 0.691. The molecular weight excluding hydrogens is 236 g/mol. The molecule has 0 aliphatic heterocycles. The molecule has 0 atom stereocenters. The molecule has 0 aliphatic carbocycles. The Morgan fingerprint density at radius 3 is 2.60 bits per heavy atom. The summed E-state index contributed by atoms with van der Waals surface area (Å²) in [6, 6.07) is 0. The Morgan fingerprint density at radius 1 is 1.20 bits per heavy atom. The quantitative estimate of drug-likeness (QED) is 0.618. The van der Waals surface area contributed by atoms with Gasteiger partial charge in [-0.05, 0) is 0 Å². The van der Waals surface area contributed by atoms with E-state index < -0.39 is 0 Å². The third kappa shape index (κ3) is 1.13. The van der Waals surface area contributed by atoms with Crippen LogP contribution < -0.4 is 0.534 Å². The molecule has 0 aliphatic rings. The van der Waals surface area contributed by atoms with Gasteiger partial charge in [-0.15, -0.1) is 0 Å². The number of hydrogen-bond acceptors (Lipinski definition) is 2. The van der Waals surface area contributed by atoms with Crippen LogP contribution in [0.5, 0.6) is 0 Å². The van der Waals surface area contributed by atoms with Crippen molar-refractivity contribution in [3.8, 4) is 0 Å². The van der Waals surface area contributed by atoms with Crippen molar-refractivity contribution in [1.82, 2.24) is 0 Å². The van der Waals surface area contributed by atoms with Gasteiger partial charge in [0.2, 0.25) is 0 Å². The van der Waals surface area contributed by atoms with Crippen LogP contribution in [0.1, 0.15) is 5.56 Å². The zero-order chi connectivity index (χ0) is 7.14. The van der Waals surface area contributed by atoms with Crippen LogP contribution in [0.4, 0.5) is 0 Å². The summed E-state index contributed by atoms with van der Waals surface area (Å²) in [6.45, 7) is 2.20. The van der Waals surface area contributed by atoms with E-state index in [0.29, 0.717) is 43.3 Å². The van der Waals surface area contributed by atoms with E-state index in [-0.39, 0.29) is 0 Å². The summed E-state index contributed by atoms with van der Waals surface area (Å²) in [5.41, 5.74) is 1.46. The van der Waals surface area contributed by atoms with E-state index in [4.69, 9.17) is 0 Å². The van der Waals surface area contributed by atoms with Crippen molar-refractivity contribution in [2.75, 3.05) is 0 Å². The Morgan fingerprint density at radius 2 is 1.90 bits per heavy atom. The number of hydrogen-bond donors (Lipinski definition) is 0. The van der Waals surface area contributed by atoms with Crippen LogP contribution in [0.2, 0.25) is 0 Å². The summed E-state index contributed by atoms with van der Waals surface area (Å²) in [7, 11) is 0. The van der Waals surface area contributed by atoms with E-state index in [2.05, 4.69) is 17.7 Å². The Kier molecular flexibility index (Phi) is 2.24. The summed E-state index contributed by atoms with van der Waals surface area (Å²) in [5.74, 6) is 0. The zero-order valence-corrected chi connectivity index (χ0v) is 12.5. The molecule has 0 spiro atoms. The van der Waals surface area contributed by atoms with E-state index in [0.717, 1.165) is 0 Å². The molecule has 0 nitrogen and oxygen atoms in total. The average molecular weight is 242 g/mol. The molecule has 0 saturated carbocycles. The predicted octanol–water partition coefficient (Wildman–Crippen LogP) is 1.80. The van der Waals surface area contributed by atoms with E-state index in [9.17, 15) is 0 Å². The van der Waals surface area contributed by atoms with Gasteiger partial charge in [-0.1, -0.05) is 0 Å². The predicted molar refractivity (Wildman–Crippen MR) is 51.2 cm³/mol. The molecule has 0 aromatic carbocycles. The molecule has 0 unspecified atom stereocenters. The van der Waals surface area contributed by atoms with Crippen molar-refractivity contribution in [2.24, 2.45) is 0 Å². The van der Waals surface area contributed by atoms with Crippen LogP contribution >= 0.6 is 22.7 Å². The molecule has 0 N–H and O–H groups in total. The molecule has 2 rings (SSSR count). The molecule has 3 heteroatoms. The number of thiophene rings is 2. The van der Waals surface area contributed by atoms with Gasteiger partial charge in [-0.3, -0.25) is 0 Å². The Labute approximate surface area is 97.4 Å². The van der Waals surface area contributed by atoms with Gasteiger partial charge in [0, 0.05) is 0 Å². The fraction of sp³-hybridized carbons (Fsp3) is 0.143. The fourth-order valence-electron chi connectivity index (χ4n) is 1.05. The van der Waals surface area contributed by atoms with Crippen LogP contribution in [-0.4, -0.2) is 43.3 Å². The van der Waals surface area contributed by atoms with Gasteiger partial charge >= 0.3 is 99.1 Å². The maximum atomic E-state index is 2.32. The van der Waals surface area contributed by atoms with Crippen molar-refractivity contribution in [1.29, 1.82) is 0 Å². The fourth-order valence-corrected chi connectivity index (χ4v) is 6.14. The van der Waals surface area contributed by atoms with Crippen molar-refractivity contribution >= 4 is 75.9 Å². The van der Waals surface area contributed by atoms with E-state index >= 15 is 0 Å². The van der Waals surface area contributed by atoms with Crippen molar-refractivity contribution in [3.05, 3.63) is 16.3 Å². The van der Waals surface area contributed by atoms with Gasteiger partial charge in [0.05, 0.1) is 0 Å². The van der Waals surface area contributed by atoms with Gasteiger partial charge in [-0.25, -0.2) is 0 Å². The minimum absolute atomic E-state index is 0.691. The summed E-state index contributed by atoms with van der Waals surface area (Å²) >= 11 is 4.51. The number of fused-ring (bicyclic) bond motifs is 1. The number of rotatable bonds is 0. The Bertz CT molecular complexity index is 322. The van der Waals surface area contributed by atoms with Crippen molar-refractivity contribution in [3.63, 3.8) is 0 Å².